The molecule has 0 aromatic heterocycles. The lowest BCUT2D eigenvalue weighted by atomic mass is 9.66. The molecule has 1 nitrogen and oxygen atoms in total. The predicted octanol–water partition coefficient (Wildman–Crippen LogP) is 10.7. The van der Waals surface area contributed by atoms with Crippen LogP contribution in [0.4, 0.5) is 0 Å². The van der Waals surface area contributed by atoms with Gasteiger partial charge in [-0.3, -0.25) is 0 Å². The van der Waals surface area contributed by atoms with Crippen LogP contribution in [0.15, 0.2) is 95.6 Å². The molecule has 1 aliphatic heterocycles. The van der Waals surface area contributed by atoms with Gasteiger partial charge in [-0.1, -0.05) is 120 Å². The fourth-order valence-corrected chi connectivity index (χ4v) is 9.20. The van der Waals surface area contributed by atoms with E-state index in [4.69, 9.17) is 0 Å². The van der Waals surface area contributed by atoms with Gasteiger partial charge in [0.05, 0.1) is 0 Å². The molecule has 230 valence electrons. The Kier molecular flexibility index (Phi) is 8.21. The minimum Gasteiger partial charge on any atom is -0.307 e. The van der Waals surface area contributed by atoms with Gasteiger partial charge in [-0.2, -0.15) is 0 Å². The molecule has 1 N–H and O–H groups in total. The minimum absolute atomic E-state index is 0.498. The Labute approximate surface area is 267 Å². The van der Waals surface area contributed by atoms with E-state index in [1.54, 1.807) is 22.3 Å². The molecule has 1 saturated heterocycles. The first kappa shape index (κ1) is 29.8. The highest BCUT2D eigenvalue weighted by Gasteiger charge is 2.38. The van der Waals surface area contributed by atoms with Crippen LogP contribution in [0, 0.1) is 35.5 Å². The summed E-state index contributed by atoms with van der Waals surface area (Å²) in [7, 11) is 0. The second kappa shape index (κ2) is 12.1. The topological polar surface area (TPSA) is 12.0 Å². The van der Waals surface area contributed by atoms with Crippen molar-refractivity contribution < 1.29 is 0 Å². The Morgan fingerprint density at radius 2 is 1.68 bits per heavy atom. The summed E-state index contributed by atoms with van der Waals surface area (Å²) in [4.78, 5) is 0. The zero-order valence-corrected chi connectivity index (χ0v) is 27.9. The number of nitrogens with one attached hydrogen (secondary N) is 1. The Hall–Kier alpha value is -2.90. The predicted molar refractivity (Wildman–Crippen MR) is 188 cm³/mol. The molecule has 7 rings (SSSR count). The summed E-state index contributed by atoms with van der Waals surface area (Å²) >= 11 is 0. The van der Waals surface area contributed by atoms with Crippen molar-refractivity contribution in [3.05, 3.63) is 118 Å². The molecule has 0 saturated carbocycles. The molecule has 0 bridgehead atoms. The number of hydrogen-bond acceptors (Lipinski definition) is 1. The molecule has 1 heterocycles. The molecule has 0 amide bonds. The van der Waals surface area contributed by atoms with Crippen molar-refractivity contribution in [2.24, 2.45) is 35.5 Å². The zero-order chi connectivity index (χ0) is 30.5. The van der Waals surface area contributed by atoms with Crippen LogP contribution in [0.5, 0.6) is 0 Å². The van der Waals surface area contributed by atoms with E-state index in [2.05, 4.69) is 126 Å². The molecular weight excluding hydrogens is 530 g/mol. The maximum atomic E-state index is 4.13. The number of allylic oxidation sites excluding steroid dienone is 8. The van der Waals surface area contributed by atoms with E-state index in [1.807, 2.05) is 0 Å². The molecule has 0 radical (unpaired) electrons. The SMILES string of the molecule is CC(C)C1C=C(c2ccc(CCC3c4ccccc4C4=C(C=CC[C@@H]4C)C3C)cc2)C2=C(C1)C1NC(C(C)C)CCC1C=C2. The Balaban J connectivity index is 1.13. The summed E-state index contributed by atoms with van der Waals surface area (Å²) in [5.74, 6) is 4.31. The molecule has 1 fully saturated rings. The highest BCUT2D eigenvalue weighted by Crippen LogP contribution is 2.50. The van der Waals surface area contributed by atoms with Gasteiger partial charge in [-0.05, 0) is 130 Å². The van der Waals surface area contributed by atoms with Crippen molar-refractivity contribution in [3.8, 4) is 0 Å². The maximum absolute atomic E-state index is 4.13. The lowest BCUT2D eigenvalue weighted by molar-refractivity contribution is 0.238. The van der Waals surface area contributed by atoms with E-state index in [-0.39, 0.29) is 0 Å². The van der Waals surface area contributed by atoms with Crippen molar-refractivity contribution in [1.82, 2.24) is 5.32 Å². The first-order chi connectivity index (χ1) is 21.3. The lowest BCUT2D eigenvalue weighted by Gasteiger charge is -2.44. The van der Waals surface area contributed by atoms with Crippen LogP contribution in [0.3, 0.4) is 0 Å². The van der Waals surface area contributed by atoms with Crippen LogP contribution in [0.2, 0.25) is 0 Å². The Bertz CT molecular complexity index is 1540. The van der Waals surface area contributed by atoms with Crippen molar-refractivity contribution >= 4 is 11.1 Å². The molecule has 44 heavy (non-hydrogen) atoms. The van der Waals surface area contributed by atoms with Gasteiger partial charge in [-0.25, -0.2) is 0 Å². The van der Waals surface area contributed by atoms with Gasteiger partial charge in [0.1, 0.15) is 0 Å². The normalized spacial score (nSPS) is 31.1. The highest BCUT2D eigenvalue weighted by molar-refractivity contribution is 5.85. The van der Waals surface area contributed by atoms with E-state index >= 15 is 0 Å². The summed E-state index contributed by atoms with van der Waals surface area (Å²) in [6.45, 7) is 14.5. The van der Waals surface area contributed by atoms with Crippen LogP contribution < -0.4 is 5.32 Å². The van der Waals surface area contributed by atoms with E-state index in [9.17, 15) is 0 Å². The number of aryl methyl sites for hydroxylation is 1. The van der Waals surface area contributed by atoms with Gasteiger partial charge in [0.15, 0.2) is 0 Å². The first-order valence-electron chi connectivity index (χ1n) is 17.8. The number of rotatable bonds is 6. The minimum atomic E-state index is 0.498. The molecule has 5 aliphatic rings. The van der Waals surface area contributed by atoms with Crippen LogP contribution in [0.25, 0.3) is 11.1 Å². The number of hydrogen-bond donors (Lipinski definition) is 1. The van der Waals surface area contributed by atoms with Gasteiger partial charge in [0.25, 0.3) is 0 Å². The van der Waals surface area contributed by atoms with Crippen LogP contribution >= 0.6 is 0 Å². The third-order valence-electron chi connectivity index (χ3n) is 12.0. The molecule has 7 atom stereocenters. The van der Waals surface area contributed by atoms with Crippen molar-refractivity contribution in [2.45, 2.75) is 98.1 Å². The van der Waals surface area contributed by atoms with E-state index < -0.39 is 0 Å². The average Bonchev–Trinajstić information content (AvgIpc) is 3.04. The van der Waals surface area contributed by atoms with Gasteiger partial charge >= 0.3 is 0 Å². The van der Waals surface area contributed by atoms with Crippen LogP contribution in [-0.2, 0) is 6.42 Å². The smallest absolute Gasteiger partial charge is 0.0354 e. The number of piperidine rings is 1. The second-order valence-corrected chi connectivity index (χ2v) is 15.4. The summed E-state index contributed by atoms with van der Waals surface area (Å²) in [5.41, 5.74) is 13.8. The Morgan fingerprint density at radius 1 is 0.886 bits per heavy atom. The molecule has 1 heteroatoms. The van der Waals surface area contributed by atoms with E-state index in [0.29, 0.717) is 53.5 Å². The van der Waals surface area contributed by atoms with Crippen LogP contribution in [-0.4, -0.2) is 12.1 Å². The summed E-state index contributed by atoms with van der Waals surface area (Å²) in [6, 6.07) is 20.1. The molecule has 2 aromatic carbocycles. The summed E-state index contributed by atoms with van der Waals surface area (Å²) < 4.78 is 0. The Morgan fingerprint density at radius 3 is 2.45 bits per heavy atom. The van der Waals surface area contributed by atoms with Crippen molar-refractivity contribution in [2.75, 3.05) is 0 Å². The van der Waals surface area contributed by atoms with E-state index in [0.717, 1.165) is 12.8 Å². The van der Waals surface area contributed by atoms with Gasteiger partial charge < -0.3 is 5.32 Å². The lowest BCUT2D eigenvalue weighted by Crippen LogP contribution is -2.51. The molecule has 0 spiro atoms. The highest BCUT2D eigenvalue weighted by atomic mass is 15.0. The third kappa shape index (κ3) is 5.34. The third-order valence-corrected chi connectivity index (χ3v) is 12.0. The molecule has 4 aliphatic carbocycles. The van der Waals surface area contributed by atoms with Crippen LogP contribution in [0.1, 0.15) is 102 Å². The number of benzene rings is 2. The first-order valence-corrected chi connectivity index (χ1v) is 17.8. The maximum Gasteiger partial charge on any atom is 0.0354 e. The van der Waals surface area contributed by atoms with Gasteiger partial charge in [0.2, 0.25) is 0 Å². The molecule has 6 unspecified atom stereocenters. The average molecular weight is 584 g/mol. The zero-order valence-electron chi connectivity index (χ0n) is 27.9. The largest absolute Gasteiger partial charge is 0.307 e. The monoisotopic (exact) mass is 583 g/mol. The summed E-state index contributed by atoms with van der Waals surface area (Å²) in [6.07, 6.45) is 19.7. The molecular formula is C43H53N. The fourth-order valence-electron chi connectivity index (χ4n) is 9.20. The van der Waals surface area contributed by atoms with E-state index in [1.165, 1.54) is 53.5 Å². The quantitative estimate of drug-likeness (QED) is 0.357. The summed E-state index contributed by atoms with van der Waals surface area (Å²) in [5, 5.41) is 4.13. The number of fused-ring (bicyclic) bond motifs is 4. The van der Waals surface area contributed by atoms with Gasteiger partial charge in [-0.15, -0.1) is 0 Å². The van der Waals surface area contributed by atoms with Gasteiger partial charge in [0, 0.05) is 12.1 Å². The second-order valence-electron chi connectivity index (χ2n) is 15.4. The molecule has 2 aromatic rings. The fraction of sp³-hybridized carbons (Fsp3) is 0.488. The van der Waals surface area contributed by atoms with Crippen molar-refractivity contribution in [1.29, 1.82) is 0 Å². The standard InChI is InChI=1S/C43H53N/c1-26(2)33-24-39(37-22-19-32-20-23-41(27(3)4)44-43(32)40(37)25-33)31-17-14-30(15-18-31)16-21-34-29(6)35-13-9-10-28(5)42(35)38-12-8-7-11-36(34)38/h7-9,11-15,17-19,22,24,26-29,32-34,41,43-44H,10,16,20-21,23,25H2,1-6H3/t28-,29?,32?,33?,34?,41?,43?/m0/s1. The van der Waals surface area contributed by atoms with Crippen molar-refractivity contribution in [3.63, 3.8) is 0 Å².